The van der Waals surface area contributed by atoms with E-state index in [1.165, 1.54) is 11.1 Å². The van der Waals surface area contributed by atoms with Crippen molar-refractivity contribution in [2.75, 3.05) is 29.8 Å². The summed E-state index contributed by atoms with van der Waals surface area (Å²) in [4.78, 5) is 0. The zero-order valence-corrected chi connectivity index (χ0v) is 19.1. The van der Waals surface area contributed by atoms with Crippen molar-refractivity contribution in [3.05, 3.63) is 29.3 Å². The van der Waals surface area contributed by atoms with E-state index >= 15 is 0 Å². The highest BCUT2D eigenvalue weighted by Crippen LogP contribution is 2.38. The molecule has 0 aliphatic carbocycles. The van der Waals surface area contributed by atoms with Crippen molar-refractivity contribution in [2.45, 2.75) is 64.3 Å². The van der Waals surface area contributed by atoms with Crippen LogP contribution in [0.5, 0.6) is 0 Å². The average molecular weight is 412 g/mol. The van der Waals surface area contributed by atoms with Crippen LogP contribution in [0.25, 0.3) is 0 Å². The minimum absolute atomic E-state index is 0.0303. The lowest BCUT2D eigenvalue weighted by Crippen LogP contribution is -2.41. The van der Waals surface area contributed by atoms with Crippen molar-refractivity contribution >= 4 is 24.0 Å². The van der Waals surface area contributed by atoms with Crippen LogP contribution in [0.3, 0.4) is 0 Å². The average Bonchev–Trinajstić information content (AvgIpc) is 2.92. The number of benzene rings is 1. The molecule has 0 unspecified atom stereocenters. The summed E-state index contributed by atoms with van der Waals surface area (Å²) in [7, 11) is -4.89. The lowest BCUT2D eigenvalue weighted by Gasteiger charge is -2.37. The summed E-state index contributed by atoms with van der Waals surface area (Å²) in [6.07, 6.45) is 2.40. The molecule has 1 aromatic rings. The van der Waals surface area contributed by atoms with Gasteiger partial charge in [-0.15, -0.1) is 0 Å². The van der Waals surface area contributed by atoms with Crippen LogP contribution < -0.4 is 4.31 Å². The molecule has 1 aromatic carbocycles. The molecule has 2 aliphatic rings. The van der Waals surface area contributed by atoms with Crippen LogP contribution in [0.15, 0.2) is 18.2 Å². The topological polar surface area (TPSA) is 55.8 Å². The van der Waals surface area contributed by atoms with Crippen molar-refractivity contribution < 1.29 is 17.6 Å². The van der Waals surface area contributed by atoms with Gasteiger partial charge in [0, 0.05) is 13.2 Å². The summed E-state index contributed by atoms with van der Waals surface area (Å²) in [5, 5.41) is 0.203. The largest absolute Gasteiger partial charge is 0.417 e. The molecular formula is C20H33NO4SSi. The summed E-state index contributed by atoms with van der Waals surface area (Å²) in [5.74, 6) is 0.251. The first-order valence-corrected chi connectivity index (χ1v) is 14.4. The van der Waals surface area contributed by atoms with Crippen LogP contribution in [0.2, 0.25) is 18.1 Å². The van der Waals surface area contributed by atoms with Gasteiger partial charge in [0.1, 0.15) is 0 Å². The Labute approximate surface area is 165 Å². The van der Waals surface area contributed by atoms with Gasteiger partial charge in [0.25, 0.3) is 0 Å². The second-order valence-corrected chi connectivity index (χ2v) is 16.0. The Kier molecular flexibility index (Phi) is 5.79. The number of rotatable bonds is 5. The van der Waals surface area contributed by atoms with Gasteiger partial charge in [-0.3, -0.25) is 4.31 Å². The molecule has 5 nitrogen and oxygen atoms in total. The van der Waals surface area contributed by atoms with Gasteiger partial charge in [-0.25, -0.2) is 8.42 Å². The van der Waals surface area contributed by atoms with Crippen LogP contribution in [-0.2, 0) is 25.6 Å². The minimum atomic E-state index is -3.14. The standard InChI is InChI=1S/C20H33NO4SSi/c1-20(2,3)27(4,5)25-13-10-19-18-8-7-17(15-16(18)9-12-24-19)21-11-6-14-26(21,22)23/h7-8,15,19H,6,9-14H2,1-5H3/t19-/m0/s1. The van der Waals surface area contributed by atoms with Gasteiger partial charge in [-0.05, 0) is 60.7 Å². The molecule has 0 saturated carbocycles. The highest BCUT2D eigenvalue weighted by atomic mass is 32.2. The van der Waals surface area contributed by atoms with Gasteiger partial charge >= 0.3 is 0 Å². The molecule has 0 radical (unpaired) electrons. The summed E-state index contributed by atoms with van der Waals surface area (Å²) in [5.41, 5.74) is 3.18. The van der Waals surface area contributed by atoms with Gasteiger partial charge in [0.05, 0.1) is 24.2 Å². The third kappa shape index (κ3) is 4.41. The summed E-state index contributed by atoms with van der Waals surface area (Å²) in [6, 6.07) is 6.02. The van der Waals surface area contributed by atoms with Crippen molar-refractivity contribution in [2.24, 2.45) is 0 Å². The monoisotopic (exact) mass is 411 g/mol. The van der Waals surface area contributed by atoms with E-state index in [1.807, 2.05) is 12.1 Å². The molecule has 0 spiro atoms. The Morgan fingerprint density at radius 1 is 1.30 bits per heavy atom. The fourth-order valence-electron chi connectivity index (χ4n) is 3.48. The molecule has 2 aliphatic heterocycles. The number of nitrogens with zero attached hydrogens (tertiary/aromatic N) is 1. The zero-order chi connectivity index (χ0) is 19.9. The van der Waals surface area contributed by atoms with E-state index in [-0.39, 0.29) is 16.9 Å². The van der Waals surface area contributed by atoms with E-state index in [2.05, 4.69) is 39.9 Å². The summed E-state index contributed by atoms with van der Waals surface area (Å²) >= 11 is 0. The second kappa shape index (κ2) is 7.50. The normalized spacial score (nSPS) is 22.7. The number of ether oxygens (including phenoxy) is 1. The SMILES string of the molecule is CC(C)(C)[Si](C)(C)OCC[C@@H]1OCCc2cc(N3CCCS3(=O)=O)ccc21. The molecule has 0 bridgehead atoms. The number of anilines is 1. The lowest BCUT2D eigenvalue weighted by atomic mass is 9.95. The molecule has 152 valence electrons. The van der Waals surface area contributed by atoms with E-state index in [0.29, 0.717) is 26.2 Å². The lowest BCUT2D eigenvalue weighted by molar-refractivity contribution is 0.0265. The quantitative estimate of drug-likeness (QED) is 0.680. The highest BCUT2D eigenvalue weighted by Gasteiger charge is 2.37. The fraction of sp³-hybridized carbons (Fsp3) is 0.700. The van der Waals surface area contributed by atoms with E-state index in [0.717, 1.165) is 18.5 Å². The van der Waals surface area contributed by atoms with Crippen LogP contribution >= 0.6 is 0 Å². The Morgan fingerprint density at radius 2 is 2.04 bits per heavy atom. The van der Waals surface area contributed by atoms with Crippen molar-refractivity contribution in [3.8, 4) is 0 Å². The number of hydrogen-bond donors (Lipinski definition) is 0. The number of fused-ring (bicyclic) bond motifs is 1. The maximum atomic E-state index is 12.2. The summed E-state index contributed by atoms with van der Waals surface area (Å²) < 4.78 is 38.3. The Morgan fingerprint density at radius 3 is 2.67 bits per heavy atom. The molecule has 3 rings (SSSR count). The molecule has 0 amide bonds. The predicted octanol–water partition coefficient (Wildman–Crippen LogP) is 4.25. The van der Waals surface area contributed by atoms with Gasteiger partial charge < -0.3 is 9.16 Å². The van der Waals surface area contributed by atoms with Crippen LogP contribution in [0.1, 0.15) is 50.8 Å². The van der Waals surface area contributed by atoms with Gasteiger partial charge in [0.2, 0.25) is 10.0 Å². The van der Waals surface area contributed by atoms with E-state index < -0.39 is 18.3 Å². The third-order valence-corrected chi connectivity index (χ3v) is 12.6. The maximum absolute atomic E-state index is 12.2. The Balaban J connectivity index is 1.70. The molecule has 0 N–H and O–H groups in total. The maximum Gasteiger partial charge on any atom is 0.235 e. The third-order valence-electron chi connectivity index (χ3n) is 6.20. The van der Waals surface area contributed by atoms with Crippen molar-refractivity contribution in [3.63, 3.8) is 0 Å². The van der Waals surface area contributed by atoms with Gasteiger partial charge in [0.15, 0.2) is 8.32 Å². The van der Waals surface area contributed by atoms with Crippen molar-refractivity contribution in [1.29, 1.82) is 0 Å². The molecule has 2 heterocycles. The van der Waals surface area contributed by atoms with E-state index in [9.17, 15) is 8.42 Å². The molecule has 7 heteroatoms. The van der Waals surface area contributed by atoms with Crippen LogP contribution in [0.4, 0.5) is 5.69 Å². The van der Waals surface area contributed by atoms with Crippen molar-refractivity contribution in [1.82, 2.24) is 0 Å². The molecule has 0 aromatic heterocycles. The predicted molar refractivity (Wildman–Crippen MR) is 112 cm³/mol. The van der Waals surface area contributed by atoms with E-state index in [1.54, 1.807) is 4.31 Å². The first kappa shape index (κ1) is 20.8. The number of hydrogen-bond acceptors (Lipinski definition) is 4. The first-order chi connectivity index (χ1) is 12.5. The molecular weight excluding hydrogens is 378 g/mol. The smallest absolute Gasteiger partial charge is 0.235 e. The first-order valence-electron chi connectivity index (χ1n) is 9.90. The van der Waals surface area contributed by atoms with Crippen LogP contribution in [-0.4, -0.2) is 42.2 Å². The van der Waals surface area contributed by atoms with E-state index in [4.69, 9.17) is 9.16 Å². The molecule has 1 atom stereocenters. The van der Waals surface area contributed by atoms with Gasteiger partial charge in [-0.1, -0.05) is 26.8 Å². The Hall–Kier alpha value is -0.893. The fourth-order valence-corrected chi connectivity index (χ4v) is 6.10. The second-order valence-electron chi connectivity index (χ2n) is 9.13. The summed E-state index contributed by atoms with van der Waals surface area (Å²) in [6.45, 7) is 13.2. The molecule has 1 fully saturated rings. The van der Waals surface area contributed by atoms with Gasteiger partial charge in [-0.2, -0.15) is 0 Å². The minimum Gasteiger partial charge on any atom is -0.417 e. The highest BCUT2D eigenvalue weighted by molar-refractivity contribution is 7.93. The Bertz CT molecular complexity index is 786. The number of sulfonamides is 1. The van der Waals surface area contributed by atoms with Crippen LogP contribution in [0, 0.1) is 0 Å². The zero-order valence-electron chi connectivity index (χ0n) is 17.2. The molecule has 1 saturated heterocycles. The molecule has 27 heavy (non-hydrogen) atoms.